The molecule has 0 fully saturated rings. The molecule has 21 heavy (non-hydrogen) atoms. The molecule has 0 aliphatic carbocycles. The molecule has 0 saturated heterocycles. The summed E-state index contributed by atoms with van der Waals surface area (Å²) in [5.74, 6) is 0. The summed E-state index contributed by atoms with van der Waals surface area (Å²) in [6, 6.07) is 10.4. The molecule has 116 valence electrons. The van der Waals surface area contributed by atoms with Crippen LogP contribution in [0.3, 0.4) is 0 Å². The van der Waals surface area contributed by atoms with Crippen LogP contribution in [0.15, 0.2) is 24.3 Å². The number of benzene rings is 1. The van der Waals surface area contributed by atoms with E-state index in [1.807, 2.05) is 27.8 Å². The van der Waals surface area contributed by atoms with Crippen molar-refractivity contribution in [2.45, 2.75) is 39.8 Å². The van der Waals surface area contributed by atoms with E-state index in [0.717, 1.165) is 18.8 Å². The first-order valence-electron chi connectivity index (χ1n) is 7.40. The van der Waals surface area contributed by atoms with Gasteiger partial charge in [-0.2, -0.15) is 5.26 Å². The summed E-state index contributed by atoms with van der Waals surface area (Å²) in [7, 11) is 1.99. The zero-order valence-corrected chi connectivity index (χ0v) is 13.6. The third-order valence-electron chi connectivity index (χ3n) is 3.60. The molecule has 1 rings (SSSR count). The fourth-order valence-electron chi connectivity index (χ4n) is 1.87. The Balaban J connectivity index is 2.43. The van der Waals surface area contributed by atoms with Gasteiger partial charge in [-0.3, -0.25) is 0 Å². The molecule has 1 aromatic carbocycles. The van der Waals surface area contributed by atoms with E-state index in [9.17, 15) is 5.11 Å². The maximum absolute atomic E-state index is 9.97. The van der Waals surface area contributed by atoms with Gasteiger partial charge in [0.25, 0.3) is 0 Å². The van der Waals surface area contributed by atoms with Crippen molar-refractivity contribution in [3.8, 4) is 6.07 Å². The van der Waals surface area contributed by atoms with Crippen LogP contribution in [0.25, 0.3) is 0 Å². The minimum atomic E-state index is -0.353. The highest BCUT2D eigenvalue weighted by atomic mass is 16.3. The number of hydrogen-bond donors (Lipinski definition) is 2. The Morgan fingerprint density at radius 3 is 2.43 bits per heavy atom. The Morgan fingerprint density at radius 2 is 1.90 bits per heavy atom. The van der Waals surface area contributed by atoms with Gasteiger partial charge >= 0.3 is 0 Å². The zero-order valence-electron chi connectivity index (χ0n) is 13.6. The van der Waals surface area contributed by atoms with Crippen LogP contribution in [0.4, 0.5) is 5.69 Å². The number of nitriles is 1. The van der Waals surface area contributed by atoms with Crippen molar-refractivity contribution in [2.24, 2.45) is 5.41 Å². The molecule has 0 aromatic heterocycles. The molecule has 0 spiro atoms. The van der Waals surface area contributed by atoms with E-state index in [1.54, 1.807) is 0 Å². The monoisotopic (exact) mass is 289 g/mol. The molecular formula is C17H27N3O. The minimum absolute atomic E-state index is 0.0969. The van der Waals surface area contributed by atoms with E-state index in [4.69, 9.17) is 5.26 Å². The van der Waals surface area contributed by atoms with Crippen molar-refractivity contribution in [1.82, 2.24) is 5.32 Å². The summed E-state index contributed by atoms with van der Waals surface area (Å²) in [4.78, 5) is 2.07. The molecule has 0 amide bonds. The Labute approximate surface area is 128 Å². The second kappa shape index (κ2) is 8.02. The molecule has 0 aliphatic heterocycles. The molecule has 0 bridgehead atoms. The number of rotatable bonds is 7. The fraction of sp³-hybridized carbons (Fsp3) is 0.588. The molecule has 1 aromatic rings. The maximum Gasteiger partial charge on any atom is 0.0712 e. The summed E-state index contributed by atoms with van der Waals surface area (Å²) in [5, 5.41) is 21.9. The SMILES string of the molecule is CN(CCC#N)c1ccc(CNCC(O)C(C)(C)C)cc1. The fourth-order valence-corrected chi connectivity index (χ4v) is 1.87. The highest BCUT2D eigenvalue weighted by Gasteiger charge is 2.21. The van der Waals surface area contributed by atoms with Crippen LogP contribution in [0.1, 0.15) is 32.8 Å². The quantitative estimate of drug-likeness (QED) is 0.810. The number of nitrogens with zero attached hydrogens (tertiary/aromatic N) is 2. The first kappa shape index (κ1) is 17.5. The lowest BCUT2D eigenvalue weighted by molar-refractivity contribution is 0.0628. The zero-order chi connectivity index (χ0) is 15.9. The number of anilines is 1. The van der Waals surface area contributed by atoms with Crippen LogP contribution in [0.2, 0.25) is 0 Å². The number of aliphatic hydroxyl groups is 1. The number of hydrogen-bond acceptors (Lipinski definition) is 4. The lowest BCUT2D eigenvalue weighted by atomic mass is 9.89. The largest absolute Gasteiger partial charge is 0.391 e. The second-order valence-electron chi connectivity index (χ2n) is 6.51. The minimum Gasteiger partial charge on any atom is -0.391 e. The topological polar surface area (TPSA) is 59.3 Å². The van der Waals surface area contributed by atoms with Gasteiger partial charge in [0.1, 0.15) is 0 Å². The summed E-state index contributed by atoms with van der Waals surface area (Å²) < 4.78 is 0. The third kappa shape index (κ3) is 6.16. The van der Waals surface area contributed by atoms with Crippen LogP contribution >= 0.6 is 0 Å². The molecule has 4 nitrogen and oxygen atoms in total. The molecule has 0 saturated carbocycles. The normalized spacial score (nSPS) is 12.8. The molecule has 4 heteroatoms. The van der Waals surface area contributed by atoms with E-state index in [-0.39, 0.29) is 11.5 Å². The van der Waals surface area contributed by atoms with E-state index in [2.05, 4.69) is 40.6 Å². The van der Waals surface area contributed by atoms with Gasteiger partial charge in [-0.15, -0.1) is 0 Å². The highest BCUT2D eigenvalue weighted by molar-refractivity contribution is 5.46. The van der Waals surface area contributed by atoms with Gasteiger partial charge in [0.15, 0.2) is 0 Å². The van der Waals surface area contributed by atoms with Crippen LogP contribution in [-0.4, -0.2) is 31.3 Å². The lowest BCUT2D eigenvalue weighted by Crippen LogP contribution is -2.36. The van der Waals surface area contributed by atoms with Gasteiger partial charge in [0, 0.05) is 32.4 Å². The van der Waals surface area contributed by atoms with Crippen LogP contribution < -0.4 is 10.2 Å². The lowest BCUT2D eigenvalue weighted by Gasteiger charge is -2.26. The van der Waals surface area contributed by atoms with Crippen LogP contribution in [-0.2, 0) is 6.54 Å². The Morgan fingerprint density at radius 1 is 1.29 bits per heavy atom. The molecule has 0 heterocycles. The molecule has 0 radical (unpaired) electrons. The molecule has 1 atom stereocenters. The standard InChI is InChI=1S/C17H27N3O/c1-17(2,3)16(21)13-19-12-14-6-8-15(9-7-14)20(4)11-5-10-18/h6-9,16,19,21H,5,11-13H2,1-4H3. The summed E-state index contributed by atoms with van der Waals surface area (Å²) in [5.41, 5.74) is 2.21. The predicted octanol–water partition coefficient (Wildman–Crippen LogP) is 2.53. The average molecular weight is 289 g/mol. The van der Waals surface area contributed by atoms with Crippen LogP contribution in [0, 0.1) is 16.7 Å². The summed E-state index contributed by atoms with van der Waals surface area (Å²) in [6.45, 7) is 8.18. The van der Waals surface area contributed by atoms with Gasteiger partial charge in [0.05, 0.1) is 18.6 Å². The Hall–Kier alpha value is -1.57. The average Bonchev–Trinajstić information content (AvgIpc) is 2.44. The van der Waals surface area contributed by atoms with Crippen molar-refractivity contribution in [3.05, 3.63) is 29.8 Å². The van der Waals surface area contributed by atoms with Crippen molar-refractivity contribution in [2.75, 3.05) is 25.0 Å². The second-order valence-corrected chi connectivity index (χ2v) is 6.51. The Kier molecular flexibility index (Phi) is 6.67. The number of nitrogens with one attached hydrogen (secondary N) is 1. The summed E-state index contributed by atoms with van der Waals surface area (Å²) in [6.07, 6.45) is 0.179. The first-order valence-corrected chi connectivity index (χ1v) is 7.40. The van der Waals surface area contributed by atoms with E-state index >= 15 is 0 Å². The molecule has 1 unspecified atom stereocenters. The van der Waals surface area contributed by atoms with Gasteiger partial charge < -0.3 is 15.3 Å². The predicted molar refractivity (Wildman–Crippen MR) is 87.1 cm³/mol. The summed E-state index contributed by atoms with van der Waals surface area (Å²) >= 11 is 0. The van der Waals surface area contributed by atoms with Gasteiger partial charge in [-0.05, 0) is 23.1 Å². The van der Waals surface area contributed by atoms with E-state index < -0.39 is 0 Å². The molecular weight excluding hydrogens is 262 g/mol. The van der Waals surface area contributed by atoms with E-state index in [1.165, 1.54) is 5.56 Å². The van der Waals surface area contributed by atoms with Gasteiger partial charge in [-0.1, -0.05) is 32.9 Å². The van der Waals surface area contributed by atoms with Crippen molar-refractivity contribution < 1.29 is 5.11 Å². The van der Waals surface area contributed by atoms with Crippen molar-refractivity contribution >= 4 is 5.69 Å². The van der Waals surface area contributed by atoms with Crippen molar-refractivity contribution in [3.63, 3.8) is 0 Å². The molecule has 2 N–H and O–H groups in total. The first-order chi connectivity index (χ1) is 9.84. The maximum atomic E-state index is 9.97. The number of aliphatic hydroxyl groups excluding tert-OH is 1. The smallest absolute Gasteiger partial charge is 0.0712 e. The van der Waals surface area contributed by atoms with Gasteiger partial charge in [-0.25, -0.2) is 0 Å². The Bertz CT molecular complexity index is 456. The van der Waals surface area contributed by atoms with Crippen LogP contribution in [0.5, 0.6) is 0 Å². The molecule has 0 aliphatic rings. The highest BCUT2D eigenvalue weighted by Crippen LogP contribution is 2.18. The third-order valence-corrected chi connectivity index (χ3v) is 3.60. The van der Waals surface area contributed by atoms with Crippen molar-refractivity contribution in [1.29, 1.82) is 5.26 Å². The van der Waals surface area contributed by atoms with Gasteiger partial charge in [0.2, 0.25) is 0 Å². The van der Waals surface area contributed by atoms with E-state index in [0.29, 0.717) is 13.0 Å².